The van der Waals surface area contributed by atoms with E-state index in [1.165, 1.54) is 19.2 Å². The molecule has 0 amide bonds. The van der Waals surface area contributed by atoms with E-state index in [9.17, 15) is 17.6 Å². The van der Waals surface area contributed by atoms with Crippen molar-refractivity contribution in [2.75, 3.05) is 10.3 Å². The number of anilines is 2. The van der Waals surface area contributed by atoms with Crippen molar-refractivity contribution in [3.8, 4) is 18.9 Å². The Morgan fingerprint density at radius 3 is 2.34 bits per heavy atom. The van der Waals surface area contributed by atoms with Gasteiger partial charge in [-0.3, -0.25) is 4.98 Å². The first-order valence-electron chi connectivity index (χ1n) is 10.9. The summed E-state index contributed by atoms with van der Waals surface area (Å²) in [5.41, 5.74) is 3.87. The first kappa shape index (κ1) is 27.9. The van der Waals surface area contributed by atoms with E-state index < -0.39 is 23.3 Å². The molecule has 1 aliphatic carbocycles. The highest BCUT2D eigenvalue weighted by molar-refractivity contribution is 5.59. The van der Waals surface area contributed by atoms with Crippen LogP contribution in [0.15, 0.2) is 24.4 Å². The van der Waals surface area contributed by atoms with E-state index in [2.05, 4.69) is 28.7 Å². The predicted octanol–water partition coefficient (Wildman–Crippen LogP) is 5.80. The molecule has 0 unspecified atom stereocenters. The number of halogens is 5. The second-order valence-corrected chi connectivity index (χ2v) is 8.76. The number of hydrogen-bond acceptors (Lipinski definition) is 5. The summed E-state index contributed by atoms with van der Waals surface area (Å²) in [5, 5.41) is 9.16. The fourth-order valence-electron chi connectivity index (χ4n) is 3.44. The summed E-state index contributed by atoms with van der Waals surface area (Å²) in [6.07, 6.45) is 7.44. The van der Waals surface area contributed by atoms with E-state index in [0.29, 0.717) is 11.4 Å². The molecule has 1 heterocycles. The first-order valence-corrected chi connectivity index (χ1v) is 10.9. The summed E-state index contributed by atoms with van der Waals surface area (Å²) in [6.45, 7) is 3.59. The molecule has 2 N–H and O–H groups in total. The van der Waals surface area contributed by atoms with Gasteiger partial charge in [0.25, 0.3) is 0 Å². The number of nitrogens with zero attached hydrogens (tertiary/aromatic N) is 3. The Morgan fingerprint density at radius 2 is 1.86 bits per heavy atom. The van der Waals surface area contributed by atoms with Crippen LogP contribution in [-0.4, -0.2) is 22.7 Å². The highest BCUT2D eigenvalue weighted by Gasteiger charge is 2.47. The van der Waals surface area contributed by atoms with Crippen LogP contribution in [0.5, 0.6) is 0 Å². The van der Waals surface area contributed by atoms with E-state index in [0.717, 1.165) is 33.1 Å². The number of nitriles is 1. The lowest BCUT2D eigenvalue weighted by atomic mass is 9.89. The molecule has 0 aliphatic heterocycles. The molecule has 188 valence electrons. The van der Waals surface area contributed by atoms with E-state index in [1.807, 2.05) is 11.0 Å². The average molecular weight is 494 g/mol. The molecule has 2 aromatic rings. The Labute approximate surface area is 202 Å². The number of hydrogen-bond donors (Lipinski definition) is 2. The second-order valence-electron chi connectivity index (χ2n) is 8.76. The van der Waals surface area contributed by atoms with Crippen molar-refractivity contribution in [1.29, 1.82) is 5.26 Å². The summed E-state index contributed by atoms with van der Waals surface area (Å²) >= 11 is 0. The lowest BCUT2D eigenvalue weighted by molar-refractivity contribution is -0.184. The van der Waals surface area contributed by atoms with E-state index >= 15 is 4.39 Å². The maximum absolute atomic E-state index is 15.2. The fourth-order valence-corrected chi connectivity index (χ4v) is 3.44. The quantitative estimate of drug-likeness (QED) is 0.277. The molecule has 1 saturated carbocycles. The van der Waals surface area contributed by atoms with Crippen molar-refractivity contribution in [3.63, 3.8) is 0 Å². The van der Waals surface area contributed by atoms with Gasteiger partial charge in [0.05, 0.1) is 42.3 Å². The fraction of sp³-hybridized carbons (Fsp3) is 0.440. The normalized spacial score (nSPS) is 13.7. The highest BCUT2D eigenvalue weighted by atomic mass is 19.4. The number of hydrazine groups is 1. The van der Waals surface area contributed by atoms with Gasteiger partial charge in [-0.15, -0.1) is 12.8 Å². The van der Waals surface area contributed by atoms with Gasteiger partial charge in [-0.1, -0.05) is 0 Å². The molecule has 1 aromatic heterocycles. The molecule has 1 fully saturated rings. The van der Waals surface area contributed by atoms with Crippen LogP contribution in [0.4, 0.5) is 33.3 Å². The molecular formula is C25H28F5N5. The molecule has 5 nitrogen and oxygen atoms in total. The zero-order chi connectivity index (χ0) is 26.4. The zero-order valence-electron chi connectivity index (χ0n) is 19.8. The largest absolute Gasteiger partial charge is 0.407 e. The molecule has 10 heteroatoms. The molecule has 0 bridgehead atoms. The third kappa shape index (κ3) is 6.40. The van der Waals surface area contributed by atoms with Crippen molar-refractivity contribution >= 4 is 11.4 Å². The molecule has 1 aliphatic rings. The van der Waals surface area contributed by atoms with E-state index in [4.69, 9.17) is 5.26 Å². The van der Waals surface area contributed by atoms with Gasteiger partial charge in [-0.25, -0.2) is 14.2 Å². The monoisotopic (exact) mass is 493 g/mol. The maximum atomic E-state index is 15.2. The lowest BCUT2D eigenvalue weighted by Crippen LogP contribution is -2.54. The Balaban J connectivity index is 0.00000210. The SMILES string of the molecule is C#C.Cc1c(F)cc(CC#N)c(N(Cc2ccc(NNC(C)(C)C(F)(F)F)cn2)C2CCC2)c1F. The van der Waals surface area contributed by atoms with Crippen LogP contribution in [0.3, 0.4) is 0 Å². The van der Waals surface area contributed by atoms with E-state index in [1.54, 1.807) is 12.1 Å². The van der Waals surface area contributed by atoms with Crippen LogP contribution in [0.25, 0.3) is 0 Å². The van der Waals surface area contributed by atoms with Crippen molar-refractivity contribution < 1.29 is 22.0 Å². The van der Waals surface area contributed by atoms with Crippen molar-refractivity contribution in [3.05, 3.63) is 52.9 Å². The Bertz CT molecular complexity index is 1070. The summed E-state index contributed by atoms with van der Waals surface area (Å²) in [7, 11) is 0. The van der Waals surface area contributed by atoms with Crippen molar-refractivity contribution in [2.24, 2.45) is 0 Å². The third-order valence-corrected chi connectivity index (χ3v) is 5.96. The van der Waals surface area contributed by atoms with Crippen LogP contribution in [0, 0.1) is 42.7 Å². The molecule has 0 radical (unpaired) electrons. The summed E-state index contributed by atoms with van der Waals surface area (Å²) < 4.78 is 68.3. The van der Waals surface area contributed by atoms with Crippen LogP contribution in [0.2, 0.25) is 0 Å². The summed E-state index contributed by atoms with van der Waals surface area (Å²) in [4.78, 5) is 6.12. The van der Waals surface area contributed by atoms with Gasteiger partial charge in [0, 0.05) is 11.6 Å². The van der Waals surface area contributed by atoms with Gasteiger partial charge < -0.3 is 10.3 Å². The first-order chi connectivity index (χ1) is 16.4. The van der Waals surface area contributed by atoms with Crippen molar-refractivity contribution in [2.45, 2.75) is 70.8 Å². The molecule has 0 spiro atoms. The average Bonchev–Trinajstić information content (AvgIpc) is 2.76. The third-order valence-electron chi connectivity index (χ3n) is 5.96. The van der Waals surface area contributed by atoms with Gasteiger partial charge in [0.15, 0.2) is 5.82 Å². The molecule has 35 heavy (non-hydrogen) atoms. The van der Waals surface area contributed by atoms with Crippen LogP contribution < -0.4 is 15.8 Å². The van der Waals surface area contributed by atoms with Crippen molar-refractivity contribution in [1.82, 2.24) is 10.4 Å². The lowest BCUT2D eigenvalue weighted by Gasteiger charge is -2.40. The van der Waals surface area contributed by atoms with Gasteiger partial charge in [0.1, 0.15) is 11.4 Å². The zero-order valence-corrected chi connectivity index (χ0v) is 19.8. The summed E-state index contributed by atoms with van der Waals surface area (Å²) in [5.74, 6) is -1.39. The van der Waals surface area contributed by atoms with Crippen LogP contribution in [0.1, 0.15) is 49.9 Å². The maximum Gasteiger partial charge on any atom is 0.407 e. The Kier molecular flexibility index (Phi) is 9.06. The molecule has 0 saturated heterocycles. The van der Waals surface area contributed by atoms with E-state index in [-0.39, 0.29) is 35.8 Å². The minimum atomic E-state index is -4.45. The second kappa shape index (κ2) is 11.4. The Morgan fingerprint density at radius 1 is 1.20 bits per heavy atom. The highest BCUT2D eigenvalue weighted by Crippen LogP contribution is 2.37. The minimum Gasteiger partial charge on any atom is -0.360 e. The number of alkyl halides is 3. The Hall–Kier alpha value is -3.37. The van der Waals surface area contributed by atoms with Gasteiger partial charge in [-0.05, 0) is 63.8 Å². The number of rotatable bonds is 8. The number of pyridine rings is 1. The number of aromatic nitrogens is 1. The number of benzene rings is 1. The van der Waals surface area contributed by atoms with Gasteiger partial charge >= 0.3 is 6.18 Å². The topological polar surface area (TPSA) is 64.0 Å². The number of terminal acetylenes is 1. The molecule has 1 aromatic carbocycles. The molecule has 0 atom stereocenters. The standard InChI is InChI=1S/C23H26F5N5.C2H2/c1-14-19(24)11-15(9-10-29)21(20(14)25)33(18-5-4-6-18)13-17-8-7-16(12-30-17)31-32-22(2,3)23(26,27)28;1-2/h7-8,11-12,18,31-32H,4-6,9,13H2,1-3H3;1-2H. The molecule has 3 rings (SSSR count). The minimum absolute atomic E-state index is 0.0238. The molecular weight excluding hydrogens is 465 g/mol. The van der Waals surface area contributed by atoms with Gasteiger partial charge in [-0.2, -0.15) is 18.4 Å². The summed E-state index contributed by atoms with van der Waals surface area (Å²) in [6, 6.07) is 6.40. The van der Waals surface area contributed by atoms with Crippen LogP contribution >= 0.6 is 0 Å². The smallest absolute Gasteiger partial charge is 0.360 e. The predicted molar refractivity (Wildman–Crippen MR) is 125 cm³/mol. The van der Waals surface area contributed by atoms with Crippen LogP contribution in [-0.2, 0) is 13.0 Å². The van der Waals surface area contributed by atoms with Gasteiger partial charge in [0.2, 0.25) is 0 Å². The number of nitrogens with one attached hydrogen (secondary N) is 2.